The number of nitrogens with zero attached hydrogens (tertiary/aromatic N) is 1. The summed E-state index contributed by atoms with van der Waals surface area (Å²) in [4.78, 5) is 2.61. The molecule has 3 unspecified atom stereocenters. The second-order valence-electron chi connectivity index (χ2n) is 4.47. The monoisotopic (exact) mass is 216 g/mol. The summed E-state index contributed by atoms with van der Waals surface area (Å²) < 4.78 is 0. The van der Waals surface area contributed by atoms with E-state index in [0.717, 1.165) is 17.7 Å². The molecule has 1 heterocycles. The first kappa shape index (κ1) is 12.3. The zero-order chi connectivity index (χ0) is 10.6. The number of hydrogen-bond acceptors (Lipinski definition) is 3. The standard InChI is InChI=1S/C11H24N2S/c1-9(12)5-4-6-13-7-8-14-11(3)10(13)2/h9-11H,4-8,12H2,1-3H3. The first-order valence-corrected chi connectivity index (χ1v) is 6.77. The van der Waals surface area contributed by atoms with Crippen molar-refractivity contribution in [1.82, 2.24) is 4.90 Å². The summed E-state index contributed by atoms with van der Waals surface area (Å²) in [6, 6.07) is 1.10. The van der Waals surface area contributed by atoms with Gasteiger partial charge in [-0.2, -0.15) is 11.8 Å². The normalized spacial score (nSPS) is 31.7. The molecule has 0 amide bonds. The van der Waals surface area contributed by atoms with Gasteiger partial charge in [0.05, 0.1) is 0 Å². The van der Waals surface area contributed by atoms with Crippen molar-refractivity contribution >= 4 is 11.8 Å². The maximum absolute atomic E-state index is 5.75. The minimum atomic E-state index is 0.363. The van der Waals surface area contributed by atoms with Crippen LogP contribution in [0.1, 0.15) is 33.6 Å². The third kappa shape index (κ3) is 3.79. The lowest BCUT2D eigenvalue weighted by Gasteiger charge is -2.37. The largest absolute Gasteiger partial charge is 0.328 e. The van der Waals surface area contributed by atoms with E-state index in [1.54, 1.807) is 0 Å². The second-order valence-corrected chi connectivity index (χ2v) is 5.96. The van der Waals surface area contributed by atoms with Crippen LogP contribution in [-0.4, -0.2) is 41.1 Å². The van der Waals surface area contributed by atoms with Gasteiger partial charge >= 0.3 is 0 Å². The number of rotatable bonds is 4. The van der Waals surface area contributed by atoms with Crippen LogP contribution in [0.4, 0.5) is 0 Å². The highest BCUT2D eigenvalue weighted by Gasteiger charge is 2.24. The van der Waals surface area contributed by atoms with E-state index in [4.69, 9.17) is 5.73 Å². The van der Waals surface area contributed by atoms with E-state index in [9.17, 15) is 0 Å². The lowest BCUT2D eigenvalue weighted by molar-refractivity contribution is 0.208. The number of nitrogens with two attached hydrogens (primary N) is 1. The predicted octanol–water partition coefficient (Wildman–Crippen LogP) is 1.94. The Bertz CT molecular complexity index is 161. The molecule has 0 aromatic rings. The average Bonchev–Trinajstić information content (AvgIpc) is 2.12. The van der Waals surface area contributed by atoms with Crippen LogP contribution in [0.25, 0.3) is 0 Å². The molecule has 1 aliphatic rings. The zero-order valence-electron chi connectivity index (χ0n) is 9.70. The maximum Gasteiger partial charge on any atom is 0.0184 e. The minimum absolute atomic E-state index is 0.363. The molecule has 84 valence electrons. The lowest BCUT2D eigenvalue weighted by Crippen LogP contribution is -2.45. The summed E-state index contributed by atoms with van der Waals surface area (Å²) in [5.41, 5.74) is 5.75. The van der Waals surface area contributed by atoms with Crippen LogP contribution in [0.2, 0.25) is 0 Å². The van der Waals surface area contributed by atoms with E-state index < -0.39 is 0 Å². The van der Waals surface area contributed by atoms with Crippen molar-refractivity contribution in [2.45, 2.75) is 50.9 Å². The van der Waals surface area contributed by atoms with Gasteiger partial charge in [0.15, 0.2) is 0 Å². The summed E-state index contributed by atoms with van der Waals surface area (Å²) >= 11 is 2.10. The molecule has 14 heavy (non-hydrogen) atoms. The quantitative estimate of drug-likeness (QED) is 0.779. The lowest BCUT2D eigenvalue weighted by atomic mass is 10.1. The molecule has 0 radical (unpaired) electrons. The van der Waals surface area contributed by atoms with Crippen LogP contribution in [0.5, 0.6) is 0 Å². The van der Waals surface area contributed by atoms with Crippen molar-refractivity contribution in [2.24, 2.45) is 5.73 Å². The maximum atomic E-state index is 5.75. The molecule has 1 fully saturated rings. The summed E-state index contributed by atoms with van der Waals surface area (Å²) in [6.45, 7) is 9.27. The molecule has 0 aliphatic carbocycles. The van der Waals surface area contributed by atoms with Crippen molar-refractivity contribution in [2.75, 3.05) is 18.8 Å². The van der Waals surface area contributed by atoms with Gasteiger partial charge in [-0.05, 0) is 33.2 Å². The molecule has 1 saturated heterocycles. The summed E-state index contributed by atoms with van der Waals surface area (Å²) in [7, 11) is 0. The van der Waals surface area contributed by atoms with Crippen molar-refractivity contribution in [3.8, 4) is 0 Å². The molecule has 0 aromatic heterocycles. The van der Waals surface area contributed by atoms with Crippen LogP contribution in [0, 0.1) is 0 Å². The highest BCUT2D eigenvalue weighted by molar-refractivity contribution is 8.00. The van der Waals surface area contributed by atoms with Gasteiger partial charge in [-0.25, -0.2) is 0 Å². The molecular formula is C11H24N2S. The van der Waals surface area contributed by atoms with Crippen molar-refractivity contribution in [3.05, 3.63) is 0 Å². The van der Waals surface area contributed by atoms with E-state index in [0.29, 0.717) is 6.04 Å². The van der Waals surface area contributed by atoms with Crippen molar-refractivity contribution in [1.29, 1.82) is 0 Å². The van der Waals surface area contributed by atoms with E-state index in [1.807, 2.05) is 0 Å². The van der Waals surface area contributed by atoms with E-state index in [-0.39, 0.29) is 0 Å². The molecular weight excluding hydrogens is 192 g/mol. The summed E-state index contributed by atoms with van der Waals surface area (Å²) in [6.07, 6.45) is 2.41. The molecule has 1 rings (SSSR count). The second kappa shape index (κ2) is 5.99. The van der Waals surface area contributed by atoms with Crippen LogP contribution >= 0.6 is 11.8 Å². The molecule has 2 N–H and O–H groups in total. The molecule has 0 saturated carbocycles. The molecule has 0 aromatic carbocycles. The Morgan fingerprint density at radius 2 is 2.21 bits per heavy atom. The molecule has 3 atom stereocenters. The molecule has 3 heteroatoms. The van der Waals surface area contributed by atoms with Gasteiger partial charge in [0.25, 0.3) is 0 Å². The Kier molecular flexibility index (Phi) is 5.28. The summed E-state index contributed by atoms with van der Waals surface area (Å²) in [5.74, 6) is 1.30. The van der Waals surface area contributed by atoms with Gasteiger partial charge in [-0.1, -0.05) is 6.92 Å². The highest BCUT2D eigenvalue weighted by Crippen LogP contribution is 2.24. The van der Waals surface area contributed by atoms with Gasteiger partial charge in [0.2, 0.25) is 0 Å². The first-order valence-electron chi connectivity index (χ1n) is 5.72. The van der Waals surface area contributed by atoms with Gasteiger partial charge < -0.3 is 5.73 Å². The van der Waals surface area contributed by atoms with Crippen LogP contribution in [0.15, 0.2) is 0 Å². The van der Waals surface area contributed by atoms with Gasteiger partial charge in [0, 0.05) is 29.6 Å². The fourth-order valence-corrected chi connectivity index (χ4v) is 3.09. The van der Waals surface area contributed by atoms with E-state index in [1.165, 1.54) is 25.3 Å². The smallest absolute Gasteiger partial charge is 0.0184 e. The van der Waals surface area contributed by atoms with Crippen LogP contribution in [0.3, 0.4) is 0 Å². The van der Waals surface area contributed by atoms with Crippen molar-refractivity contribution < 1.29 is 0 Å². The fraction of sp³-hybridized carbons (Fsp3) is 1.00. The van der Waals surface area contributed by atoms with Crippen LogP contribution < -0.4 is 5.73 Å². The SMILES string of the molecule is CC(N)CCCN1CCSC(C)C1C. The van der Waals surface area contributed by atoms with Gasteiger partial charge in [-0.3, -0.25) is 4.90 Å². The Labute approximate surface area is 92.6 Å². The van der Waals surface area contributed by atoms with E-state index in [2.05, 4.69) is 37.4 Å². The minimum Gasteiger partial charge on any atom is -0.328 e. The molecule has 1 aliphatic heterocycles. The zero-order valence-corrected chi connectivity index (χ0v) is 10.5. The van der Waals surface area contributed by atoms with Gasteiger partial charge in [0.1, 0.15) is 0 Å². The Morgan fingerprint density at radius 1 is 1.50 bits per heavy atom. The topological polar surface area (TPSA) is 29.3 Å². The predicted molar refractivity (Wildman–Crippen MR) is 65.8 cm³/mol. The average molecular weight is 216 g/mol. The van der Waals surface area contributed by atoms with Crippen LogP contribution in [-0.2, 0) is 0 Å². The van der Waals surface area contributed by atoms with Gasteiger partial charge in [-0.15, -0.1) is 0 Å². The number of thioether (sulfide) groups is 1. The molecule has 0 spiro atoms. The van der Waals surface area contributed by atoms with Crippen molar-refractivity contribution in [3.63, 3.8) is 0 Å². The highest BCUT2D eigenvalue weighted by atomic mass is 32.2. The summed E-state index contributed by atoms with van der Waals surface area (Å²) in [5, 5.41) is 0.791. The third-order valence-corrected chi connectivity index (χ3v) is 4.46. The molecule has 0 bridgehead atoms. The third-order valence-electron chi connectivity index (χ3n) is 3.12. The van der Waals surface area contributed by atoms with E-state index >= 15 is 0 Å². The first-order chi connectivity index (χ1) is 6.61. The molecule has 2 nitrogen and oxygen atoms in total. The Morgan fingerprint density at radius 3 is 2.86 bits per heavy atom. The Balaban J connectivity index is 2.22. The Hall–Kier alpha value is 0.270. The fourth-order valence-electron chi connectivity index (χ4n) is 1.93. The number of hydrogen-bond donors (Lipinski definition) is 1.